The Morgan fingerprint density at radius 3 is 2.71 bits per heavy atom. The van der Waals surface area contributed by atoms with E-state index in [1.165, 1.54) is 11.3 Å². The van der Waals surface area contributed by atoms with Crippen molar-refractivity contribution >= 4 is 56.9 Å². The third kappa shape index (κ3) is 3.95. The molecule has 1 aliphatic rings. The first-order valence-electron chi connectivity index (χ1n) is 6.98. The number of carbonyl (C=O) groups is 3. The highest BCUT2D eigenvalue weighted by molar-refractivity contribution is 8.15. The van der Waals surface area contributed by atoms with Crippen LogP contribution in [0.15, 0.2) is 35.8 Å². The van der Waals surface area contributed by atoms with Gasteiger partial charge >= 0.3 is 0 Å². The van der Waals surface area contributed by atoms with Crippen LogP contribution in [-0.2, 0) is 16.1 Å². The summed E-state index contributed by atoms with van der Waals surface area (Å²) in [5.74, 6) is -0.689. The average molecular weight is 382 g/mol. The van der Waals surface area contributed by atoms with Gasteiger partial charge in [0, 0.05) is 23.0 Å². The van der Waals surface area contributed by atoms with E-state index in [-0.39, 0.29) is 30.0 Å². The summed E-state index contributed by atoms with van der Waals surface area (Å²) in [5.41, 5.74) is 0.801. The average Bonchev–Trinajstić information content (AvgIpc) is 3.13. The Hall–Kier alpha value is -1.90. The van der Waals surface area contributed by atoms with E-state index in [0.717, 1.165) is 22.2 Å². The zero-order valence-corrected chi connectivity index (χ0v) is 14.7. The van der Waals surface area contributed by atoms with Crippen LogP contribution in [0.5, 0.6) is 0 Å². The fourth-order valence-electron chi connectivity index (χ4n) is 2.17. The maximum atomic E-state index is 12.4. The number of imide groups is 1. The summed E-state index contributed by atoms with van der Waals surface area (Å²) in [6, 6.07) is 6.92. The lowest BCUT2D eigenvalue weighted by atomic mass is 10.2. The van der Waals surface area contributed by atoms with E-state index < -0.39 is 5.25 Å². The lowest BCUT2D eigenvalue weighted by Gasteiger charge is -2.13. The van der Waals surface area contributed by atoms with E-state index in [4.69, 9.17) is 11.6 Å². The number of nitrogens with zero attached hydrogens (tertiary/aromatic N) is 2. The first-order valence-corrected chi connectivity index (χ1v) is 9.12. The standard InChI is InChI=1S/C15H12ClN3O3S2/c16-10-3-1-9(2-4-10)8-19-13(21)11(24-15(19)22)7-12(20)18-14-17-5-6-23-14/h1-6,11H,7-8H2,(H,17,18,20)/t11-/m1/s1. The molecule has 2 heterocycles. The SMILES string of the molecule is O=C(C[C@H]1SC(=O)N(Cc2ccc(Cl)cc2)C1=O)Nc1nccs1. The summed E-state index contributed by atoms with van der Waals surface area (Å²) in [6.07, 6.45) is 1.51. The normalized spacial score (nSPS) is 17.4. The van der Waals surface area contributed by atoms with Crippen molar-refractivity contribution < 1.29 is 14.4 Å². The smallest absolute Gasteiger partial charge is 0.289 e. The van der Waals surface area contributed by atoms with Gasteiger partial charge in [0.2, 0.25) is 11.8 Å². The van der Waals surface area contributed by atoms with Crippen molar-refractivity contribution in [3.05, 3.63) is 46.4 Å². The van der Waals surface area contributed by atoms with Crippen LogP contribution in [0.4, 0.5) is 9.93 Å². The van der Waals surface area contributed by atoms with Crippen LogP contribution in [0.3, 0.4) is 0 Å². The maximum absolute atomic E-state index is 12.4. The molecule has 3 rings (SSSR count). The van der Waals surface area contributed by atoms with Gasteiger partial charge in [0.1, 0.15) is 5.25 Å². The number of anilines is 1. The number of nitrogens with one attached hydrogen (secondary N) is 1. The van der Waals surface area contributed by atoms with E-state index in [1.54, 1.807) is 35.8 Å². The van der Waals surface area contributed by atoms with Gasteiger partial charge in [0.15, 0.2) is 5.13 Å². The number of thiazole rings is 1. The molecule has 3 amide bonds. The maximum Gasteiger partial charge on any atom is 0.289 e. The van der Waals surface area contributed by atoms with Crippen molar-refractivity contribution in [1.82, 2.24) is 9.88 Å². The molecule has 0 radical (unpaired) electrons. The molecule has 0 bridgehead atoms. The second kappa shape index (κ2) is 7.33. The van der Waals surface area contributed by atoms with Gasteiger partial charge in [0.05, 0.1) is 6.54 Å². The Balaban J connectivity index is 1.61. The molecule has 9 heteroatoms. The molecule has 24 heavy (non-hydrogen) atoms. The predicted molar refractivity (Wildman–Crippen MR) is 94.1 cm³/mol. The summed E-state index contributed by atoms with van der Waals surface area (Å²) in [7, 11) is 0. The molecule has 1 atom stereocenters. The van der Waals surface area contributed by atoms with E-state index in [1.807, 2.05) is 0 Å². The summed E-state index contributed by atoms with van der Waals surface area (Å²) in [5, 5.41) is 4.36. The molecule has 0 saturated carbocycles. The lowest BCUT2D eigenvalue weighted by Crippen LogP contribution is -2.32. The van der Waals surface area contributed by atoms with Gasteiger partial charge in [-0.1, -0.05) is 35.5 Å². The van der Waals surface area contributed by atoms with Crippen LogP contribution >= 0.6 is 34.7 Å². The molecule has 124 valence electrons. The first kappa shape index (κ1) is 16.9. The molecule has 1 N–H and O–H groups in total. The van der Waals surface area contributed by atoms with Gasteiger partial charge in [-0.15, -0.1) is 11.3 Å². The quantitative estimate of drug-likeness (QED) is 0.858. The molecule has 1 aromatic carbocycles. The Labute approximate surface area is 151 Å². The van der Waals surface area contributed by atoms with Gasteiger partial charge in [0.25, 0.3) is 5.24 Å². The van der Waals surface area contributed by atoms with Gasteiger partial charge in [-0.05, 0) is 17.7 Å². The number of hydrogen-bond donors (Lipinski definition) is 1. The summed E-state index contributed by atoms with van der Waals surface area (Å²) >= 11 is 7.99. The third-order valence-electron chi connectivity index (χ3n) is 3.31. The highest BCUT2D eigenvalue weighted by Crippen LogP contribution is 2.31. The number of hydrogen-bond acceptors (Lipinski definition) is 6. The first-order chi connectivity index (χ1) is 11.5. The monoisotopic (exact) mass is 381 g/mol. The molecule has 1 aliphatic heterocycles. The lowest BCUT2D eigenvalue weighted by molar-refractivity contribution is -0.129. The van der Waals surface area contributed by atoms with Crippen molar-refractivity contribution in [1.29, 1.82) is 0 Å². The Morgan fingerprint density at radius 2 is 2.04 bits per heavy atom. The molecule has 6 nitrogen and oxygen atoms in total. The van der Waals surface area contributed by atoms with Crippen LogP contribution in [0.1, 0.15) is 12.0 Å². The van der Waals surface area contributed by atoms with Gasteiger partial charge in [-0.2, -0.15) is 0 Å². The second-order valence-electron chi connectivity index (χ2n) is 5.01. The molecule has 0 unspecified atom stereocenters. The number of thioether (sulfide) groups is 1. The van der Waals surface area contributed by atoms with Crippen LogP contribution in [-0.4, -0.2) is 32.2 Å². The van der Waals surface area contributed by atoms with Gasteiger partial charge < -0.3 is 5.32 Å². The number of aromatic nitrogens is 1. The molecular formula is C15H12ClN3O3S2. The Bertz CT molecular complexity index is 765. The van der Waals surface area contributed by atoms with Gasteiger partial charge in [-0.25, -0.2) is 4.98 Å². The minimum Gasteiger partial charge on any atom is -0.302 e. The molecule has 0 aliphatic carbocycles. The third-order valence-corrected chi connectivity index (χ3v) is 5.32. The highest BCUT2D eigenvalue weighted by Gasteiger charge is 2.40. The molecule has 1 saturated heterocycles. The predicted octanol–water partition coefficient (Wildman–Crippen LogP) is 3.39. The van der Waals surface area contributed by atoms with Crippen molar-refractivity contribution in [3.8, 4) is 0 Å². The van der Waals surface area contributed by atoms with Crippen LogP contribution in [0.25, 0.3) is 0 Å². The molecule has 0 spiro atoms. The van der Waals surface area contributed by atoms with Crippen LogP contribution in [0, 0.1) is 0 Å². The fourth-order valence-corrected chi connectivity index (χ4v) is 3.83. The Kier molecular flexibility index (Phi) is 5.17. The summed E-state index contributed by atoms with van der Waals surface area (Å²) in [6.45, 7) is 0.173. The Morgan fingerprint density at radius 1 is 1.29 bits per heavy atom. The molecule has 2 aromatic rings. The number of amides is 3. The van der Waals surface area contributed by atoms with E-state index >= 15 is 0 Å². The summed E-state index contributed by atoms with van der Waals surface area (Å²) in [4.78, 5) is 41.5. The number of carbonyl (C=O) groups excluding carboxylic acids is 3. The molecular weight excluding hydrogens is 370 g/mol. The van der Waals surface area contributed by atoms with Gasteiger partial charge in [-0.3, -0.25) is 19.3 Å². The van der Waals surface area contributed by atoms with Crippen LogP contribution < -0.4 is 5.32 Å². The topological polar surface area (TPSA) is 79.4 Å². The zero-order chi connectivity index (χ0) is 17.1. The summed E-state index contributed by atoms with van der Waals surface area (Å²) < 4.78 is 0. The number of rotatable bonds is 5. The number of benzene rings is 1. The van der Waals surface area contributed by atoms with Crippen molar-refractivity contribution in [2.75, 3.05) is 5.32 Å². The van der Waals surface area contributed by atoms with Crippen molar-refractivity contribution in [2.45, 2.75) is 18.2 Å². The molecule has 1 fully saturated rings. The van der Waals surface area contributed by atoms with E-state index in [0.29, 0.717) is 10.2 Å². The largest absolute Gasteiger partial charge is 0.302 e. The van der Waals surface area contributed by atoms with Crippen molar-refractivity contribution in [3.63, 3.8) is 0 Å². The highest BCUT2D eigenvalue weighted by atomic mass is 35.5. The molecule has 1 aromatic heterocycles. The minimum atomic E-state index is -0.704. The minimum absolute atomic E-state index is 0.0636. The zero-order valence-electron chi connectivity index (χ0n) is 12.3. The van der Waals surface area contributed by atoms with E-state index in [2.05, 4.69) is 10.3 Å². The van der Waals surface area contributed by atoms with Crippen molar-refractivity contribution in [2.24, 2.45) is 0 Å². The van der Waals surface area contributed by atoms with E-state index in [9.17, 15) is 14.4 Å². The number of halogens is 1. The van der Waals surface area contributed by atoms with Crippen LogP contribution in [0.2, 0.25) is 5.02 Å². The fraction of sp³-hybridized carbons (Fsp3) is 0.200. The second-order valence-corrected chi connectivity index (χ2v) is 7.50.